The van der Waals surface area contributed by atoms with Crippen molar-refractivity contribution in [2.75, 3.05) is 33.4 Å². The van der Waals surface area contributed by atoms with Gasteiger partial charge in [-0.2, -0.15) is 0 Å². The number of amides is 1. The molecule has 4 heteroatoms. The molecule has 1 unspecified atom stereocenters. The second kappa shape index (κ2) is 3.64. The first-order chi connectivity index (χ1) is 6.29. The number of carbonyl (C=O) groups excluding carboxylic acids is 1. The molecular weight excluding hydrogens is 168 g/mol. The fourth-order valence-corrected chi connectivity index (χ4v) is 1.74. The van der Waals surface area contributed by atoms with Crippen molar-refractivity contribution < 1.29 is 9.53 Å². The molecule has 1 N–H and O–H groups in total. The van der Waals surface area contributed by atoms with E-state index in [9.17, 15) is 4.79 Å². The monoisotopic (exact) mass is 184 g/mol. The van der Waals surface area contributed by atoms with Gasteiger partial charge in [-0.15, -0.1) is 0 Å². The molecule has 0 aromatic rings. The highest BCUT2D eigenvalue weighted by molar-refractivity contribution is 5.79. The molecule has 0 bridgehead atoms. The van der Waals surface area contributed by atoms with Crippen LogP contribution in [0.3, 0.4) is 0 Å². The third-order valence-corrected chi connectivity index (χ3v) is 2.93. The van der Waals surface area contributed by atoms with Gasteiger partial charge >= 0.3 is 0 Å². The van der Waals surface area contributed by atoms with Crippen molar-refractivity contribution in [2.24, 2.45) is 5.92 Å². The molecule has 2 saturated heterocycles. The number of rotatable bonds is 2. The van der Waals surface area contributed by atoms with Crippen LogP contribution in [0.5, 0.6) is 0 Å². The molecule has 0 spiro atoms. The van der Waals surface area contributed by atoms with Gasteiger partial charge in [-0.3, -0.25) is 4.79 Å². The van der Waals surface area contributed by atoms with E-state index >= 15 is 0 Å². The summed E-state index contributed by atoms with van der Waals surface area (Å²) in [6.45, 7) is 3.24. The first-order valence-electron chi connectivity index (χ1n) is 4.84. The standard InChI is InChI=1S/C9H16N2O2/c1-11(8-4-10-5-8)9(12)7-2-3-13-6-7/h7-8,10H,2-6H2,1H3. The van der Waals surface area contributed by atoms with Gasteiger partial charge in [0.25, 0.3) is 0 Å². The predicted octanol–water partition coefficient (Wildman–Crippen LogP) is -0.547. The maximum Gasteiger partial charge on any atom is 0.228 e. The molecule has 2 aliphatic rings. The lowest BCUT2D eigenvalue weighted by Crippen LogP contribution is -2.58. The summed E-state index contributed by atoms with van der Waals surface area (Å²) >= 11 is 0. The molecule has 0 aromatic heterocycles. The molecule has 0 aliphatic carbocycles. The Morgan fingerprint density at radius 1 is 1.54 bits per heavy atom. The zero-order valence-electron chi connectivity index (χ0n) is 7.95. The van der Waals surface area contributed by atoms with Gasteiger partial charge in [0.05, 0.1) is 18.6 Å². The van der Waals surface area contributed by atoms with Crippen molar-refractivity contribution in [1.82, 2.24) is 10.2 Å². The second-order valence-corrected chi connectivity index (χ2v) is 3.82. The average Bonchev–Trinajstić information content (AvgIpc) is 2.51. The Morgan fingerprint density at radius 2 is 2.31 bits per heavy atom. The van der Waals surface area contributed by atoms with E-state index < -0.39 is 0 Å². The molecule has 2 rings (SSSR count). The number of nitrogens with zero attached hydrogens (tertiary/aromatic N) is 1. The SMILES string of the molecule is CN(C(=O)C1CCOC1)C1CNC1. The van der Waals surface area contributed by atoms with Gasteiger partial charge in [-0.1, -0.05) is 0 Å². The number of hydrogen-bond acceptors (Lipinski definition) is 3. The van der Waals surface area contributed by atoms with Gasteiger partial charge in [0.1, 0.15) is 0 Å². The van der Waals surface area contributed by atoms with Crippen LogP contribution in [-0.4, -0.2) is 50.2 Å². The van der Waals surface area contributed by atoms with E-state index in [1.165, 1.54) is 0 Å². The van der Waals surface area contributed by atoms with Crippen molar-refractivity contribution in [2.45, 2.75) is 12.5 Å². The summed E-state index contributed by atoms with van der Waals surface area (Å²) in [5.41, 5.74) is 0. The zero-order chi connectivity index (χ0) is 9.26. The Hall–Kier alpha value is -0.610. The van der Waals surface area contributed by atoms with Crippen molar-refractivity contribution in [3.05, 3.63) is 0 Å². The van der Waals surface area contributed by atoms with Gasteiger partial charge in [0.2, 0.25) is 5.91 Å². The van der Waals surface area contributed by atoms with Crippen LogP contribution in [0.4, 0.5) is 0 Å². The van der Waals surface area contributed by atoms with Gasteiger partial charge in [0, 0.05) is 26.7 Å². The second-order valence-electron chi connectivity index (χ2n) is 3.82. The minimum Gasteiger partial charge on any atom is -0.381 e. The molecule has 2 fully saturated rings. The molecule has 2 heterocycles. The molecule has 74 valence electrons. The third kappa shape index (κ3) is 1.69. The van der Waals surface area contributed by atoms with Crippen LogP contribution < -0.4 is 5.32 Å². The number of hydrogen-bond donors (Lipinski definition) is 1. The highest BCUT2D eigenvalue weighted by atomic mass is 16.5. The largest absolute Gasteiger partial charge is 0.381 e. The highest BCUT2D eigenvalue weighted by Gasteiger charge is 2.31. The lowest BCUT2D eigenvalue weighted by molar-refractivity contribution is -0.137. The van der Waals surface area contributed by atoms with E-state index in [0.29, 0.717) is 12.6 Å². The van der Waals surface area contributed by atoms with E-state index in [4.69, 9.17) is 4.74 Å². The molecule has 13 heavy (non-hydrogen) atoms. The van der Waals surface area contributed by atoms with Crippen LogP contribution in [-0.2, 0) is 9.53 Å². The molecule has 1 atom stereocenters. The number of ether oxygens (including phenoxy) is 1. The van der Waals surface area contributed by atoms with Crippen molar-refractivity contribution in [3.8, 4) is 0 Å². The predicted molar refractivity (Wildman–Crippen MR) is 48.4 cm³/mol. The lowest BCUT2D eigenvalue weighted by atomic mass is 10.0. The van der Waals surface area contributed by atoms with E-state index in [2.05, 4.69) is 5.32 Å². The fraction of sp³-hybridized carbons (Fsp3) is 0.889. The Bertz CT molecular complexity index is 198. The first kappa shape index (κ1) is 8.97. The fourth-order valence-electron chi connectivity index (χ4n) is 1.74. The highest BCUT2D eigenvalue weighted by Crippen LogP contribution is 2.16. The maximum atomic E-state index is 11.8. The normalized spacial score (nSPS) is 28.5. The van der Waals surface area contributed by atoms with E-state index in [0.717, 1.165) is 26.1 Å². The Balaban J connectivity index is 1.87. The van der Waals surface area contributed by atoms with Crippen LogP contribution >= 0.6 is 0 Å². The topological polar surface area (TPSA) is 41.6 Å². The Labute approximate surface area is 78.2 Å². The van der Waals surface area contributed by atoms with Gasteiger partial charge in [-0.05, 0) is 6.42 Å². The minimum absolute atomic E-state index is 0.116. The van der Waals surface area contributed by atoms with Crippen molar-refractivity contribution in [1.29, 1.82) is 0 Å². The summed E-state index contributed by atoms with van der Waals surface area (Å²) in [5, 5.41) is 3.16. The third-order valence-electron chi connectivity index (χ3n) is 2.93. The smallest absolute Gasteiger partial charge is 0.228 e. The van der Waals surface area contributed by atoms with E-state index in [1.807, 2.05) is 11.9 Å². The van der Waals surface area contributed by atoms with E-state index in [1.54, 1.807) is 0 Å². The number of carbonyl (C=O) groups is 1. The summed E-state index contributed by atoms with van der Waals surface area (Å²) in [6, 6.07) is 0.410. The summed E-state index contributed by atoms with van der Waals surface area (Å²) < 4.78 is 5.20. The molecule has 0 saturated carbocycles. The van der Waals surface area contributed by atoms with Crippen molar-refractivity contribution >= 4 is 5.91 Å². The van der Waals surface area contributed by atoms with Crippen LogP contribution in [0.2, 0.25) is 0 Å². The molecule has 0 radical (unpaired) electrons. The van der Waals surface area contributed by atoms with Crippen LogP contribution in [0, 0.1) is 5.92 Å². The van der Waals surface area contributed by atoms with E-state index in [-0.39, 0.29) is 11.8 Å². The minimum atomic E-state index is 0.116. The molecular formula is C9H16N2O2. The quantitative estimate of drug-likeness (QED) is 0.626. The zero-order valence-corrected chi connectivity index (χ0v) is 7.95. The average molecular weight is 184 g/mol. The van der Waals surface area contributed by atoms with Crippen LogP contribution in [0.15, 0.2) is 0 Å². The first-order valence-corrected chi connectivity index (χ1v) is 4.84. The van der Waals surface area contributed by atoms with Gasteiger partial charge < -0.3 is 15.0 Å². The Morgan fingerprint density at radius 3 is 2.77 bits per heavy atom. The molecule has 2 aliphatic heterocycles. The van der Waals surface area contributed by atoms with Gasteiger partial charge in [-0.25, -0.2) is 0 Å². The summed E-state index contributed by atoms with van der Waals surface area (Å²) in [5.74, 6) is 0.370. The van der Waals surface area contributed by atoms with Crippen LogP contribution in [0.1, 0.15) is 6.42 Å². The summed E-state index contributed by atoms with van der Waals surface area (Å²) in [4.78, 5) is 13.7. The van der Waals surface area contributed by atoms with Gasteiger partial charge in [0.15, 0.2) is 0 Å². The summed E-state index contributed by atoms with van der Waals surface area (Å²) in [6.07, 6.45) is 0.892. The van der Waals surface area contributed by atoms with Crippen molar-refractivity contribution in [3.63, 3.8) is 0 Å². The van der Waals surface area contributed by atoms with Crippen LogP contribution in [0.25, 0.3) is 0 Å². The summed E-state index contributed by atoms with van der Waals surface area (Å²) in [7, 11) is 1.90. The maximum absolute atomic E-state index is 11.8. The lowest BCUT2D eigenvalue weighted by Gasteiger charge is -2.36. The number of nitrogens with one attached hydrogen (secondary N) is 1. The number of likely N-dealkylation sites (N-methyl/N-ethyl adjacent to an activating group) is 1. The molecule has 0 aromatic carbocycles. The Kier molecular flexibility index (Phi) is 2.51. The molecule has 4 nitrogen and oxygen atoms in total. The molecule has 1 amide bonds.